The Bertz CT molecular complexity index is 403. The van der Waals surface area contributed by atoms with E-state index in [1.54, 1.807) is 0 Å². The number of rotatable bonds is 6. The molecule has 1 N–H and O–H groups in total. The van der Waals surface area contributed by atoms with E-state index in [-0.39, 0.29) is 0 Å². The molecule has 118 valence electrons. The van der Waals surface area contributed by atoms with E-state index in [0.717, 1.165) is 30.8 Å². The summed E-state index contributed by atoms with van der Waals surface area (Å²) in [5, 5.41) is 3.75. The standard InChI is InChI=1S/C19H32N2/c1-5-20-19-13-15(3)12-16(4)18(19)14-21(6-2)17-10-8-7-9-11-17/h7-11,15-16,18-20H,5-6,12-14H2,1-4H3. The second-order valence-electron chi connectivity index (χ2n) is 6.76. The van der Waals surface area contributed by atoms with E-state index >= 15 is 0 Å². The molecule has 2 rings (SSSR count). The topological polar surface area (TPSA) is 15.3 Å². The monoisotopic (exact) mass is 288 g/mol. The number of para-hydroxylation sites is 1. The lowest BCUT2D eigenvalue weighted by atomic mass is 9.72. The summed E-state index contributed by atoms with van der Waals surface area (Å²) in [6, 6.07) is 11.5. The van der Waals surface area contributed by atoms with E-state index in [4.69, 9.17) is 0 Å². The van der Waals surface area contributed by atoms with Gasteiger partial charge in [0.05, 0.1) is 0 Å². The summed E-state index contributed by atoms with van der Waals surface area (Å²) in [7, 11) is 0. The lowest BCUT2D eigenvalue weighted by Gasteiger charge is -2.42. The van der Waals surface area contributed by atoms with Crippen molar-refractivity contribution < 1.29 is 0 Å². The number of nitrogens with one attached hydrogen (secondary N) is 1. The molecule has 1 aliphatic rings. The lowest BCUT2D eigenvalue weighted by molar-refractivity contribution is 0.153. The fourth-order valence-electron chi connectivity index (χ4n) is 4.03. The van der Waals surface area contributed by atoms with Crippen LogP contribution in [0.1, 0.15) is 40.5 Å². The van der Waals surface area contributed by atoms with Crippen molar-refractivity contribution in [2.24, 2.45) is 17.8 Å². The van der Waals surface area contributed by atoms with Gasteiger partial charge in [-0.3, -0.25) is 0 Å². The van der Waals surface area contributed by atoms with E-state index in [0.29, 0.717) is 6.04 Å². The summed E-state index contributed by atoms with van der Waals surface area (Å²) in [5.41, 5.74) is 1.36. The molecule has 0 radical (unpaired) electrons. The smallest absolute Gasteiger partial charge is 0.0366 e. The maximum atomic E-state index is 3.75. The molecule has 4 atom stereocenters. The first-order valence-electron chi connectivity index (χ1n) is 8.69. The van der Waals surface area contributed by atoms with Gasteiger partial charge in [-0.2, -0.15) is 0 Å². The van der Waals surface area contributed by atoms with Crippen molar-refractivity contribution in [3.05, 3.63) is 30.3 Å². The molecule has 0 aliphatic heterocycles. The van der Waals surface area contributed by atoms with Gasteiger partial charge < -0.3 is 10.2 Å². The fraction of sp³-hybridized carbons (Fsp3) is 0.684. The van der Waals surface area contributed by atoms with Crippen molar-refractivity contribution in [3.8, 4) is 0 Å². The summed E-state index contributed by atoms with van der Waals surface area (Å²) in [5.74, 6) is 2.41. The summed E-state index contributed by atoms with van der Waals surface area (Å²) in [4.78, 5) is 2.54. The minimum atomic E-state index is 0.673. The van der Waals surface area contributed by atoms with Gasteiger partial charge in [0.15, 0.2) is 0 Å². The molecule has 21 heavy (non-hydrogen) atoms. The molecule has 0 bridgehead atoms. The number of anilines is 1. The van der Waals surface area contributed by atoms with Gasteiger partial charge in [-0.15, -0.1) is 0 Å². The normalized spacial score (nSPS) is 29.3. The van der Waals surface area contributed by atoms with Gasteiger partial charge in [-0.1, -0.05) is 39.0 Å². The van der Waals surface area contributed by atoms with Crippen LogP contribution in [-0.2, 0) is 0 Å². The predicted molar refractivity (Wildman–Crippen MR) is 92.8 cm³/mol. The number of nitrogens with zero attached hydrogens (tertiary/aromatic N) is 1. The van der Waals surface area contributed by atoms with Crippen molar-refractivity contribution in [2.75, 3.05) is 24.5 Å². The first-order valence-corrected chi connectivity index (χ1v) is 8.69. The van der Waals surface area contributed by atoms with Crippen molar-refractivity contribution in [1.29, 1.82) is 0 Å². The van der Waals surface area contributed by atoms with Crippen LogP contribution in [-0.4, -0.2) is 25.7 Å². The van der Waals surface area contributed by atoms with Crippen LogP contribution in [0.15, 0.2) is 30.3 Å². The number of benzene rings is 1. The van der Waals surface area contributed by atoms with Gasteiger partial charge >= 0.3 is 0 Å². The van der Waals surface area contributed by atoms with Crippen LogP contribution in [0.5, 0.6) is 0 Å². The van der Waals surface area contributed by atoms with E-state index in [1.165, 1.54) is 25.1 Å². The average Bonchev–Trinajstić information content (AvgIpc) is 2.48. The quantitative estimate of drug-likeness (QED) is 0.845. The molecule has 1 saturated carbocycles. The second kappa shape index (κ2) is 7.84. The lowest BCUT2D eigenvalue weighted by Crippen LogP contribution is -2.49. The molecule has 0 saturated heterocycles. The summed E-state index contributed by atoms with van der Waals surface area (Å²) in [6.07, 6.45) is 2.70. The second-order valence-corrected chi connectivity index (χ2v) is 6.76. The molecule has 1 aromatic carbocycles. The van der Waals surface area contributed by atoms with Crippen molar-refractivity contribution >= 4 is 5.69 Å². The van der Waals surface area contributed by atoms with Crippen LogP contribution in [0, 0.1) is 17.8 Å². The van der Waals surface area contributed by atoms with Crippen LogP contribution < -0.4 is 10.2 Å². The van der Waals surface area contributed by atoms with Crippen LogP contribution in [0.25, 0.3) is 0 Å². The Hall–Kier alpha value is -1.02. The third kappa shape index (κ3) is 4.23. The third-order valence-electron chi connectivity index (χ3n) is 5.08. The van der Waals surface area contributed by atoms with Gasteiger partial charge in [0, 0.05) is 24.8 Å². The molecule has 0 heterocycles. The van der Waals surface area contributed by atoms with E-state index in [1.807, 2.05) is 0 Å². The molecular weight excluding hydrogens is 256 g/mol. The largest absolute Gasteiger partial charge is 0.371 e. The van der Waals surface area contributed by atoms with Crippen molar-refractivity contribution in [1.82, 2.24) is 5.32 Å². The molecule has 1 fully saturated rings. The Morgan fingerprint density at radius 1 is 1.10 bits per heavy atom. The molecule has 2 heteroatoms. The van der Waals surface area contributed by atoms with Gasteiger partial charge in [0.25, 0.3) is 0 Å². The van der Waals surface area contributed by atoms with Gasteiger partial charge in [-0.25, -0.2) is 0 Å². The van der Waals surface area contributed by atoms with Gasteiger partial charge in [0.2, 0.25) is 0 Å². The number of hydrogen-bond donors (Lipinski definition) is 1. The Kier molecular flexibility index (Phi) is 6.10. The van der Waals surface area contributed by atoms with E-state index in [9.17, 15) is 0 Å². The minimum Gasteiger partial charge on any atom is -0.371 e. The highest BCUT2D eigenvalue weighted by atomic mass is 15.1. The van der Waals surface area contributed by atoms with Crippen LogP contribution >= 0.6 is 0 Å². The molecule has 4 unspecified atom stereocenters. The zero-order valence-corrected chi connectivity index (χ0v) is 14.2. The van der Waals surface area contributed by atoms with Crippen LogP contribution in [0.4, 0.5) is 5.69 Å². The summed E-state index contributed by atoms with van der Waals surface area (Å²) in [6.45, 7) is 12.7. The summed E-state index contributed by atoms with van der Waals surface area (Å²) >= 11 is 0. The number of hydrogen-bond acceptors (Lipinski definition) is 2. The predicted octanol–water partition coefficient (Wildman–Crippen LogP) is 4.17. The molecule has 0 spiro atoms. The Morgan fingerprint density at radius 2 is 1.81 bits per heavy atom. The first kappa shape index (κ1) is 16.4. The molecule has 2 nitrogen and oxygen atoms in total. The maximum absolute atomic E-state index is 3.75. The van der Waals surface area contributed by atoms with Crippen LogP contribution in [0.2, 0.25) is 0 Å². The molecular formula is C19H32N2. The maximum Gasteiger partial charge on any atom is 0.0366 e. The highest BCUT2D eigenvalue weighted by Gasteiger charge is 2.34. The Balaban J connectivity index is 2.10. The highest BCUT2D eigenvalue weighted by Crippen LogP contribution is 2.35. The first-order chi connectivity index (χ1) is 10.2. The molecule has 0 aromatic heterocycles. The van der Waals surface area contributed by atoms with Crippen molar-refractivity contribution in [2.45, 2.75) is 46.6 Å². The van der Waals surface area contributed by atoms with Crippen LogP contribution in [0.3, 0.4) is 0 Å². The zero-order valence-electron chi connectivity index (χ0n) is 14.2. The minimum absolute atomic E-state index is 0.673. The zero-order chi connectivity index (χ0) is 15.2. The highest BCUT2D eigenvalue weighted by molar-refractivity contribution is 5.45. The van der Waals surface area contributed by atoms with E-state index in [2.05, 4.69) is 68.2 Å². The average molecular weight is 288 g/mol. The summed E-state index contributed by atoms with van der Waals surface area (Å²) < 4.78 is 0. The van der Waals surface area contributed by atoms with E-state index < -0.39 is 0 Å². The molecule has 1 aromatic rings. The van der Waals surface area contributed by atoms with Crippen molar-refractivity contribution in [3.63, 3.8) is 0 Å². The fourth-order valence-corrected chi connectivity index (χ4v) is 4.03. The van der Waals surface area contributed by atoms with Gasteiger partial charge in [-0.05, 0) is 56.2 Å². The Labute approximate surface area is 130 Å². The van der Waals surface area contributed by atoms with Gasteiger partial charge in [0.1, 0.15) is 0 Å². The molecule has 0 amide bonds. The SMILES string of the molecule is CCNC1CC(C)CC(C)C1CN(CC)c1ccccc1. The molecule has 1 aliphatic carbocycles. The Morgan fingerprint density at radius 3 is 2.43 bits per heavy atom. The third-order valence-corrected chi connectivity index (χ3v) is 5.08.